The Morgan fingerprint density at radius 2 is 2.31 bits per heavy atom. The van der Waals surface area contributed by atoms with Crippen molar-refractivity contribution >= 4 is 5.97 Å². The largest absolute Gasteiger partial charge is 0.508 e. The van der Waals surface area contributed by atoms with Crippen LogP contribution < -0.4 is 4.74 Å². The Labute approximate surface area is 74.4 Å². The number of carboxylic acid groups (broad SMARTS) is 1. The van der Waals surface area contributed by atoms with E-state index in [4.69, 9.17) is 14.9 Å². The summed E-state index contributed by atoms with van der Waals surface area (Å²) in [6.45, 7) is 0.147. The number of aromatic hydroxyl groups is 1. The monoisotopic (exact) mass is 180 g/mol. The van der Waals surface area contributed by atoms with E-state index >= 15 is 0 Å². The number of carbonyl (C=O) groups is 1. The zero-order chi connectivity index (χ0) is 9.42. The normalized spacial score (nSPS) is 19.2. The van der Waals surface area contributed by atoms with Gasteiger partial charge in [-0.25, -0.2) is 0 Å². The molecule has 4 nitrogen and oxygen atoms in total. The topological polar surface area (TPSA) is 66.8 Å². The molecule has 1 atom stereocenters. The van der Waals surface area contributed by atoms with Gasteiger partial charge in [0.05, 0.1) is 0 Å². The molecular formula is C9H8O4. The first kappa shape index (κ1) is 7.91. The van der Waals surface area contributed by atoms with Crippen LogP contribution in [0.4, 0.5) is 0 Å². The van der Waals surface area contributed by atoms with Crippen molar-refractivity contribution in [2.45, 2.75) is 5.92 Å². The number of benzene rings is 1. The molecule has 68 valence electrons. The zero-order valence-corrected chi connectivity index (χ0v) is 6.73. The predicted molar refractivity (Wildman–Crippen MR) is 44.0 cm³/mol. The number of hydrogen-bond acceptors (Lipinski definition) is 3. The molecule has 0 fully saturated rings. The van der Waals surface area contributed by atoms with Gasteiger partial charge in [0.1, 0.15) is 24.0 Å². The Balaban J connectivity index is 2.44. The van der Waals surface area contributed by atoms with E-state index in [1.165, 1.54) is 12.1 Å². The van der Waals surface area contributed by atoms with Gasteiger partial charge in [-0.2, -0.15) is 0 Å². The Hall–Kier alpha value is -1.71. The van der Waals surface area contributed by atoms with Gasteiger partial charge in [-0.15, -0.1) is 0 Å². The molecule has 0 saturated heterocycles. The van der Waals surface area contributed by atoms with E-state index in [9.17, 15) is 4.79 Å². The van der Waals surface area contributed by atoms with Crippen molar-refractivity contribution in [2.24, 2.45) is 0 Å². The van der Waals surface area contributed by atoms with E-state index in [1.807, 2.05) is 0 Å². The molecule has 1 heterocycles. The van der Waals surface area contributed by atoms with Gasteiger partial charge < -0.3 is 14.9 Å². The number of aliphatic carboxylic acids is 1. The van der Waals surface area contributed by atoms with Gasteiger partial charge in [0, 0.05) is 11.6 Å². The van der Waals surface area contributed by atoms with E-state index in [0.29, 0.717) is 11.3 Å². The first-order chi connectivity index (χ1) is 6.18. The first-order valence-electron chi connectivity index (χ1n) is 3.87. The quantitative estimate of drug-likeness (QED) is 0.675. The summed E-state index contributed by atoms with van der Waals surface area (Å²) in [6, 6.07) is 4.47. The molecule has 1 aliphatic heterocycles. The highest BCUT2D eigenvalue weighted by Gasteiger charge is 2.30. The van der Waals surface area contributed by atoms with Crippen LogP contribution in [0.3, 0.4) is 0 Å². The fourth-order valence-corrected chi connectivity index (χ4v) is 1.40. The van der Waals surface area contributed by atoms with E-state index in [2.05, 4.69) is 0 Å². The standard InChI is InChI=1S/C9H8O4/c10-5-1-2-6-7(9(11)12)4-13-8(6)3-5/h1-3,7,10H,4H2,(H,11,12). The van der Waals surface area contributed by atoms with Gasteiger partial charge in [-0.3, -0.25) is 4.79 Å². The van der Waals surface area contributed by atoms with Gasteiger partial charge in [0.15, 0.2) is 0 Å². The summed E-state index contributed by atoms with van der Waals surface area (Å²) in [7, 11) is 0. The van der Waals surface area contributed by atoms with Crippen LogP contribution in [-0.2, 0) is 4.79 Å². The highest BCUT2D eigenvalue weighted by atomic mass is 16.5. The SMILES string of the molecule is O=C(O)C1COc2cc(O)ccc21. The average molecular weight is 180 g/mol. The summed E-state index contributed by atoms with van der Waals surface area (Å²) in [5.41, 5.74) is 0.630. The molecule has 0 spiro atoms. The van der Waals surface area contributed by atoms with Gasteiger partial charge in [0.25, 0.3) is 0 Å². The van der Waals surface area contributed by atoms with Crippen LogP contribution in [0.2, 0.25) is 0 Å². The smallest absolute Gasteiger partial charge is 0.314 e. The van der Waals surface area contributed by atoms with E-state index in [1.54, 1.807) is 6.07 Å². The molecule has 0 aromatic heterocycles. The number of rotatable bonds is 1. The third-order valence-electron chi connectivity index (χ3n) is 2.08. The lowest BCUT2D eigenvalue weighted by atomic mass is 10.0. The molecule has 0 radical (unpaired) electrons. The van der Waals surface area contributed by atoms with Gasteiger partial charge in [-0.1, -0.05) is 6.07 Å². The van der Waals surface area contributed by atoms with E-state index in [-0.39, 0.29) is 12.4 Å². The molecule has 1 aromatic rings. The van der Waals surface area contributed by atoms with Crippen molar-refractivity contribution in [3.63, 3.8) is 0 Å². The van der Waals surface area contributed by atoms with Crippen molar-refractivity contribution in [1.29, 1.82) is 0 Å². The van der Waals surface area contributed by atoms with Crippen molar-refractivity contribution in [2.75, 3.05) is 6.61 Å². The summed E-state index contributed by atoms with van der Waals surface area (Å²) in [4.78, 5) is 10.7. The number of hydrogen-bond donors (Lipinski definition) is 2. The summed E-state index contributed by atoms with van der Waals surface area (Å²) >= 11 is 0. The van der Waals surface area contributed by atoms with Crippen LogP contribution in [0.15, 0.2) is 18.2 Å². The maximum absolute atomic E-state index is 10.7. The van der Waals surface area contributed by atoms with Gasteiger partial charge in [-0.05, 0) is 6.07 Å². The van der Waals surface area contributed by atoms with Crippen molar-refractivity contribution in [3.05, 3.63) is 23.8 Å². The minimum atomic E-state index is -0.899. The number of carboxylic acids is 1. The van der Waals surface area contributed by atoms with Crippen LogP contribution in [0, 0.1) is 0 Å². The molecule has 2 N–H and O–H groups in total. The highest BCUT2D eigenvalue weighted by molar-refractivity contribution is 5.78. The summed E-state index contributed by atoms with van der Waals surface area (Å²) in [6.07, 6.45) is 0. The Bertz CT molecular complexity index is 359. The summed E-state index contributed by atoms with van der Waals surface area (Å²) < 4.78 is 5.11. The molecule has 0 aliphatic carbocycles. The second-order valence-electron chi connectivity index (χ2n) is 2.92. The minimum absolute atomic E-state index is 0.0878. The fraction of sp³-hybridized carbons (Fsp3) is 0.222. The molecular weight excluding hydrogens is 172 g/mol. The molecule has 0 bridgehead atoms. The zero-order valence-electron chi connectivity index (χ0n) is 6.73. The second-order valence-corrected chi connectivity index (χ2v) is 2.92. The Morgan fingerprint density at radius 1 is 1.54 bits per heavy atom. The van der Waals surface area contributed by atoms with Gasteiger partial charge in [0.2, 0.25) is 0 Å². The van der Waals surface area contributed by atoms with E-state index in [0.717, 1.165) is 0 Å². The van der Waals surface area contributed by atoms with Crippen LogP contribution in [0.5, 0.6) is 11.5 Å². The minimum Gasteiger partial charge on any atom is -0.508 e. The lowest BCUT2D eigenvalue weighted by molar-refractivity contribution is -0.138. The molecule has 0 amide bonds. The maximum Gasteiger partial charge on any atom is 0.314 e. The summed E-state index contributed by atoms with van der Waals surface area (Å²) in [5.74, 6) is -0.947. The molecule has 1 unspecified atom stereocenters. The highest BCUT2D eigenvalue weighted by Crippen LogP contribution is 2.36. The van der Waals surface area contributed by atoms with Crippen LogP contribution in [0.1, 0.15) is 11.5 Å². The van der Waals surface area contributed by atoms with Crippen LogP contribution in [-0.4, -0.2) is 22.8 Å². The van der Waals surface area contributed by atoms with Crippen molar-refractivity contribution in [1.82, 2.24) is 0 Å². The molecule has 13 heavy (non-hydrogen) atoms. The fourth-order valence-electron chi connectivity index (χ4n) is 1.40. The molecule has 0 saturated carbocycles. The predicted octanol–water partition coefficient (Wildman–Crippen LogP) is 0.953. The van der Waals surface area contributed by atoms with Crippen LogP contribution in [0.25, 0.3) is 0 Å². The number of ether oxygens (including phenoxy) is 1. The Morgan fingerprint density at radius 3 is 3.00 bits per heavy atom. The third-order valence-corrected chi connectivity index (χ3v) is 2.08. The molecule has 1 aliphatic rings. The lowest BCUT2D eigenvalue weighted by Gasteiger charge is -2.00. The second kappa shape index (κ2) is 2.65. The Kier molecular flexibility index (Phi) is 1.62. The lowest BCUT2D eigenvalue weighted by Crippen LogP contribution is -2.12. The maximum atomic E-state index is 10.7. The first-order valence-corrected chi connectivity index (χ1v) is 3.87. The molecule has 2 rings (SSSR count). The molecule has 1 aromatic carbocycles. The number of phenols is 1. The van der Waals surface area contributed by atoms with Crippen LogP contribution >= 0.6 is 0 Å². The van der Waals surface area contributed by atoms with Gasteiger partial charge >= 0.3 is 5.97 Å². The number of fused-ring (bicyclic) bond motifs is 1. The van der Waals surface area contributed by atoms with E-state index < -0.39 is 11.9 Å². The summed E-state index contributed by atoms with van der Waals surface area (Å²) in [5, 5.41) is 17.9. The average Bonchev–Trinajstić information content (AvgIpc) is 2.46. The van der Waals surface area contributed by atoms with Crippen molar-refractivity contribution in [3.8, 4) is 11.5 Å². The number of phenolic OH excluding ortho intramolecular Hbond substituents is 1. The molecule has 4 heteroatoms. The third kappa shape index (κ3) is 1.20. The van der Waals surface area contributed by atoms with Crippen molar-refractivity contribution < 1.29 is 19.7 Å².